The first-order chi connectivity index (χ1) is 18.1. The lowest BCUT2D eigenvalue weighted by Crippen LogP contribution is -2.54. The molecule has 12 heteroatoms. The Balaban J connectivity index is 1.64. The molecule has 0 aromatic heterocycles. The summed E-state index contributed by atoms with van der Waals surface area (Å²) in [7, 11) is 1.37. The summed E-state index contributed by atoms with van der Waals surface area (Å²) in [5, 5.41) is 2.90. The van der Waals surface area contributed by atoms with Crippen molar-refractivity contribution >= 4 is 40.7 Å². The number of hydrogen-bond acceptors (Lipinski definition) is 4. The van der Waals surface area contributed by atoms with Crippen LogP contribution < -0.4 is 15.0 Å². The van der Waals surface area contributed by atoms with E-state index in [-0.39, 0.29) is 34.1 Å². The Kier molecular flexibility index (Phi) is 5.39. The molecule has 0 radical (unpaired) electrons. The molecule has 194 valence electrons. The molecule has 3 aromatic carbocycles. The molecule has 7 nitrogen and oxygen atoms in total. The van der Waals surface area contributed by atoms with Crippen LogP contribution in [0.2, 0.25) is 5.02 Å². The average molecular weight is 545 g/mol. The Labute approximate surface area is 218 Å². The van der Waals surface area contributed by atoms with E-state index in [0.717, 1.165) is 23.1 Å². The predicted molar refractivity (Wildman–Crippen MR) is 131 cm³/mol. The van der Waals surface area contributed by atoms with E-state index >= 15 is 0 Å². The summed E-state index contributed by atoms with van der Waals surface area (Å²) in [5.74, 6) is -1.06. The summed E-state index contributed by atoms with van der Waals surface area (Å²) in [5.41, 5.74) is -0.0875. The van der Waals surface area contributed by atoms with Gasteiger partial charge in [0.1, 0.15) is 30.0 Å². The lowest BCUT2D eigenvalue weighted by atomic mass is 9.88. The van der Waals surface area contributed by atoms with E-state index in [9.17, 15) is 27.2 Å². The van der Waals surface area contributed by atoms with Crippen molar-refractivity contribution < 1.29 is 31.9 Å². The number of methoxy groups -OCH3 is 1. The van der Waals surface area contributed by atoms with E-state index in [0.29, 0.717) is 10.6 Å². The van der Waals surface area contributed by atoms with E-state index in [1.165, 1.54) is 24.1 Å². The molecule has 3 aliphatic heterocycles. The Bertz CT molecular complexity index is 1540. The fourth-order valence-electron chi connectivity index (χ4n) is 5.18. The second kappa shape index (κ2) is 8.45. The molecule has 3 heterocycles. The van der Waals surface area contributed by atoms with Crippen molar-refractivity contribution in [1.82, 2.24) is 4.90 Å². The molecule has 0 saturated heterocycles. The van der Waals surface area contributed by atoms with Crippen LogP contribution in [0.25, 0.3) is 0 Å². The van der Waals surface area contributed by atoms with Crippen molar-refractivity contribution in [3.63, 3.8) is 0 Å². The molecule has 1 N–H and O–H groups in total. The van der Waals surface area contributed by atoms with Crippen molar-refractivity contribution in [2.24, 2.45) is 4.99 Å². The summed E-state index contributed by atoms with van der Waals surface area (Å²) < 4.78 is 61.6. The molecule has 0 saturated carbocycles. The van der Waals surface area contributed by atoms with Gasteiger partial charge in [-0.1, -0.05) is 23.7 Å². The van der Waals surface area contributed by atoms with Crippen LogP contribution in [-0.2, 0) is 11.0 Å². The zero-order valence-corrected chi connectivity index (χ0v) is 20.3. The van der Waals surface area contributed by atoms with Gasteiger partial charge in [0.05, 0.1) is 35.7 Å². The van der Waals surface area contributed by atoms with Crippen LogP contribution in [0.3, 0.4) is 0 Å². The first-order valence-corrected chi connectivity index (χ1v) is 11.8. The van der Waals surface area contributed by atoms with Gasteiger partial charge in [-0.2, -0.15) is 13.2 Å². The fourth-order valence-corrected chi connectivity index (χ4v) is 5.30. The minimum absolute atomic E-state index is 0.00638. The van der Waals surface area contributed by atoms with Crippen molar-refractivity contribution in [2.45, 2.75) is 18.3 Å². The van der Waals surface area contributed by atoms with Gasteiger partial charge in [-0.15, -0.1) is 0 Å². The lowest BCUT2D eigenvalue weighted by Gasteiger charge is -2.43. The maximum atomic E-state index is 14.4. The van der Waals surface area contributed by atoms with Gasteiger partial charge in [0, 0.05) is 10.6 Å². The Morgan fingerprint density at radius 1 is 1.08 bits per heavy atom. The van der Waals surface area contributed by atoms with Crippen LogP contribution in [0.4, 0.5) is 33.7 Å². The van der Waals surface area contributed by atoms with Gasteiger partial charge in [-0.05, 0) is 48.0 Å². The summed E-state index contributed by atoms with van der Waals surface area (Å²) in [6, 6.07) is 9.44. The maximum Gasteiger partial charge on any atom is 0.416 e. The summed E-state index contributed by atoms with van der Waals surface area (Å²) in [6.45, 7) is -0.410. The number of fused-ring (bicyclic) bond motifs is 2. The molecule has 6 rings (SSSR count). The highest BCUT2D eigenvalue weighted by Gasteiger charge is 2.52. The second-order valence-electron chi connectivity index (χ2n) is 8.98. The molecule has 0 fully saturated rings. The predicted octanol–water partition coefficient (Wildman–Crippen LogP) is 5.94. The van der Waals surface area contributed by atoms with Crippen molar-refractivity contribution in [1.29, 1.82) is 0 Å². The van der Waals surface area contributed by atoms with Crippen molar-refractivity contribution in [2.75, 3.05) is 23.9 Å². The number of nitrogens with one attached hydrogen (secondary N) is 1. The number of nitrogens with zero attached hydrogens (tertiary/aromatic N) is 3. The van der Waals surface area contributed by atoms with Crippen LogP contribution in [0.15, 0.2) is 59.6 Å². The minimum Gasteiger partial charge on any atom is -0.496 e. The fraction of sp³-hybridized carbons (Fsp3) is 0.192. The van der Waals surface area contributed by atoms with Crippen LogP contribution in [0, 0.1) is 5.82 Å². The molecule has 3 amide bonds. The third-order valence-corrected chi connectivity index (χ3v) is 7.00. The number of ether oxygens (including phenoxy) is 1. The minimum atomic E-state index is -4.73. The molecule has 3 aliphatic rings. The first-order valence-electron chi connectivity index (χ1n) is 11.4. The zero-order valence-electron chi connectivity index (χ0n) is 19.5. The van der Waals surface area contributed by atoms with E-state index in [1.807, 2.05) is 0 Å². The molecule has 0 bridgehead atoms. The van der Waals surface area contributed by atoms with Crippen molar-refractivity contribution in [3.8, 4) is 5.75 Å². The number of amidine groups is 1. The number of anilines is 2. The molecule has 0 spiro atoms. The molecule has 38 heavy (non-hydrogen) atoms. The van der Waals surface area contributed by atoms with Gasteiger partial charge in [0.2, 0.25) is 5.91 Å². The topological polar surface area (TPSA) is 74.2 Å². The first kappa shape index (κ1) is 24.2. The highest BCUT2D eigenvalue weighted by Crippen LogP contribution is 2.54. The molecule has 2 unspecified atom stereocenters. The number of alkyl halides is 3. The number of carbonyl (C=O) groups is 2. The SMILES string of the molecule is COc1ccc(F)cc1C1=NC(c2ccc(Cl)cc2)C2c3cc(C(F)(F)F)cc4c3N(CC(=O)N4)C(=O)N12. The number of amides is 3. The van der Waals surface area contributed by atoms with Crippen LogP contribution in [0.1, 0.15) is 34.3 Å². The smallest absolute Gasteiger partial charge is 0.416 e. The maximum absolute atomic E-state index is 14.4. The Morgan fingerprint density at radius 2 is 1.82 bits per heavy atom. The summed E-state index contributed by atoms with van der Waals surface area (Å²) in [4.78, 5) is 33.4. The normalized spacial score (nSPS) is 20.1. The van der Waals surface area contributed by atoms with Crippen LogP contribution >= 0.6 is 11.6 Å². The number of rotatable bonds is 3. The number of hydrogen-bond donors (Lipinski definition) is 1. The lowest BCUT2D eigenvalue weighted by molar-refractivity contribution is -0.137. The average Bonchev–Trinajstić information content (AvgIpc) is 3.27. The van der Waals surface area contributed by atoms with E-state index < -0.39 is 48.1 Å². The number of urea groups is 1. The van der Waals surface area contributed by atoms with Crippen LogP contribution in [-0.4, -0.2) is 36.3 Å². The van der Waals surface area contributed by atoms with Crippen molar-refractivity contribution in [3.05, 3.63) is 87.7 Å². The molecule has 3 aromatic rings. The number of aliphatic imine (C=N–C) groups is 1. The quantitative estimate of drug-likeness (QED) is 0.415. The van der Waals surface area contributed by atoms with Gasteiger partial charge in [-0.25, -0.2) is 9.18 Å². The van der Waals surface area contributed by atoms with E-state index in [1.54, 1.807) is 24.3 Å². The number of benzene rings is 3. The third kappa shape index (κ3) is 3.68. The molecular formula is C26H17ClF4N4O3. The molecule has 2 atom stereocenters. The summed E-state index contributed by atoms with van der Waals surface area (Å²) >= 11 is 6.06. The Morgan fingerprint density at radius 3 is 2.50 bits per heavy atom. The van der Waals surface area contributed by atoms with Gasteiger partial charge < -0.3 is 10.1 Å². The zero-order chi connectivity index (χ0) is 26.9. The molecule has 0 aliphatic carbocycles. The standard InChI is InChI=1S/C26H17ClF4N4O3/c1-38-19-7-6-15(28)10-16(19)24-33-21(12-2-4-14(27)5-3-12)23-17-8-13(26(29,30)31)9-18-22(17)34(11-20(36)32-18)25(37)35(23)24/h2-10,21,23H,11H2,1H3,(H,32,36). The second-order valence-corrected chi connectivity index (χ2v) is 9.42. The molecular weight excluding hydrogens is 528 g/mol. The van der Waals surface area contributed by atoms with E-state index in [4.69, 9.17) is 21.3 Å². The van der Waals surface area contributed by atoms with E-state index in [2.05, 4.69) is 5.32 Å². The largest absolute Gasteiger partial charge is 0.496 e. The number of carbonyl (C=O) groups excluding carboxylic acids is 2. The number of halogens is 5. The highest BCUT2D eigenvalue weighted by atomic mass is 35.5. The Hall–Kier alpha value is -4.12. The van der Waals surface area contributed by atoms with Gasteiger partial charge in [0.15, 0.2) is 0 Å². The van der Waals surface area contributed by atoms with Gasteiger partial charge >= 0.3 is 12.2 Å². The summed E-state index contributed by atoms with van der Waals surface area (Å²) in [6.07, 6.45) is -4.73. The van der Waals surface area contributed by atoms with Gasteiger partial charge in [-0.3, -0.25) is 19.6 Å². The third-order valence-electron chi connectivity index (χ3n) is 6.75. The van der Waals surface area contributed by atoms with Gasteiger partial charge in [0.25, 0.3) is 0 Å². The monoisotopic (exact) mass is 544 g/mol. The van der Waals surface area contributed by atoms with Crippen LogP contribution in [0.5, 0.6) is 5.75 Å². The highest BCUT2D eigenvalue weighted by molar-refractivity contribution is 6.30.